The van der Waals surface area contributed by atoms with Gasteiger partial charge in [0.25, 0.3) is 0 Å². The molecule has 5 nitrogen and oxygen atoms in total. The summed E-state index contributed by atoms with van der Waals surface area (Å²) in [6.07, 6.45) is 3.21. The molecule has 0 aliphatic heterocycles. The summed E-state index contributed by atoms with van der Waals surface area (Å²) in [5.41, 5.74) is 4.98. The summed E-state index contributed by atoms with van der Waals surface area (Å²) in [7, 11) is 1.60. The van der Waals surface area contributed by atoms with Crippen LogP contribution in [0.2, 0.25) is 0 Å². The number of methoxy groups -OCH3 is 1. The monoisotopic (exact) mass is 456 g/mol. The molecule has 0 saturated heterocycles. The van der Waals surface area contributed by atoms with E-state index in [0.717, 1.165) is 22.4 Å². The fraction of sp³-hybridized carbons (Fsp3) is 0.111. The number of carbonyl (C=O) groups is 1. The Balaban J connectivity index is 1.38. The van der Waals surface area contributed by atoms with Gasteiger partial charge in [-0.1, -0.05) is 60.7 Å². The van der Waals surface area contributed by atoms with Crippen molar-refractivity contribution in [1.29, 1.82) is 0 Å². The Kier molecular flexibility index (Phi) is 7.17. The van der Waals surface area contributed by atoms with Gasteiger partial charge >= 0.3 is 0 Å². The van der Waals surface area contributed by atoms with Crippen LogP contribution < -0.4 is 14.8 Å². The minimum absolute atomic E-state index is 0.247. The van der Waals surface area contributed by atoms with Gasteiger partial charge < -0.3 is 9.47 Å². The zero-order valence-corrected chi connectivity index (χ0v) is 19.3. The first kappa shape index (κ1) is 22.3. The van der Waals surface area contributed by atoms with Crippen LogP contribution in [0.3, 0.4) is 0 Å². The van der Waals surface area contributed by atoms with Crippen molar-refractivity contribution in [3.8, 4) is 22.8 Å². The number of nitrogens with zero attached hydrogens (tertiary/aromatic N) is 1. The van der Waals surface area contributed by atoms with Crippen LogP contribution in [0.15, 0.2) is 84.3 Å². The first-order valence-electron chi connectivity index (χ1n) is 10.5. The van der Waals surface area contributed by atoms with Crippen molar-refractivity contribution in [2.24, 2.45) is 0 Å². The van der Waals surface area contributed by atoms with Gasteiger partial charge in [0.15, 0.2) is 16.6 Å². The number of anilines is 1. The second-order valence-electron chi connectivity index (χ2n) is 7.35. The molecule has 33 heavy (non-hydrogen) atoms. The maximum Gasteiger partial charge on any atom is 0.250 e. The van der Waals surface area contributed by atoms with E-state index in [-0.39, 0.29) is 5.91 Å². The van der Waals surface area contributed by atoms with Crippen molar-refractivity contribution >= 4 is 28.5 Å². The SMILES string of the molecule is COc1cc(C=CC(=O)Nc2nc(-c3ccccc3)cs2)ccc1OCc1ccccc1C. The average molecular weight is 457 g/mol. The first-order valence-corrected chi connectivity index (χ1v) is 11.4. The molecule has 0 atom stereocenters. The van der Waals surface area contributed by atoms with Gasteiger partial charge in [0.2, 0.25) is 5.91 Å². The highest BCUT2D eigenvalue weighted by Gasteiger charge is 2.08. The third-order valence-corrected chi connectivity index (χ3v) is 5.82. The molecule has 1 N–H and O–H groups in total. The zero-order chi connectivity index (χ0) is 23.0. The van der Waals surface area contributed by atoms with E-state index in [1.54, 1.807) is 13.2 Å². The van der Waals surface area contributed by atoms with Crippen LogP contribution >= 0.6 is 11.3 Å². The molecule has 6 heteroatoms. The van der Waals surface area contributed by atoms with Crippen molar-refractivity contribution in [3.63, 3.8) is 0 Å². The molecule has 1 heterocycles. The van der Waals surface area contributed by atoms with Crippen molar-refractivity contribution in [3.05, 3.63) is 101 Å². The van der Waals surface area contributed by atoms with Gasteiger partial charge in [0.1, 0.15) is 6.61 Å². The normalized spacial score (nSPS) is 10.8. The Hall–Kier alpha value is -3.90. The lowest BCUT2D eigenvalue weighted by molar-refractivity contribution is -0.111. The van der Waals surface area contributed by atoms with Crippen molar-refractivity contribution in [2.75, 3.05) is 12.4 Å². The topological polar surface area (TPSA) is 60.5 Å². The van der Waals surface area contributed by atoms with Crippen molar-refractivity contribution in [1.82, 2.24) is 4.98 Å². The molecular weight excluding hydrogens is 432 g/mol. The quantitative estimate of drug-likeness (QED) is 0.314. The largest absolute Gasteiger partial charge is 0.493 e. The summed E-state index contributed by atoms with van der Waals surface area (Å²) < 4.78 is 11.4. The highest BCUT2D eigenvalue weighted by molar-refractivity contribution is 7.14. The molecule has 0 saturated carbocycles. The molecule has 0 unspecified atom stereocenters. The number of rotatable bonds is 8. The van der Waals surface area contributed by atoms with E-state index < -0.39 is 0 Å². The van der Waals surface area contributed by atoms with E-state index in [0.29, 0.717) is 23.2 Å². The number of nitrogens with one attached hydrogen (secondary N) is 1. The highest BCUT2D eigenvalue weighted by Crippen LogP contribution is 2.30. The van der Waals surface area contributed by atoms with Gasteiger partial charge in [-0.2, -0.15) is 0 Å². The third kappa shape index (κ3) is 5.87. The molecule has 166 valence electrons. The lowest BCUT2D eigenvalue weighted by Crippen LogP contribution is -2.07. The summed E-state index contributed by atoms with van der Waals surface area (Å²) in [5.74, 6) is 1.01. The molecule has 4 aromatic rings. The van der Waals surface area contributed by atoms with Crippen LogP contribution in [0.4, 0.5) is 5.13 Å². The number of aryl methyl sites for hydroxylation is 1. The van der Waals surface area contributed by atoms with Gasteiger partial charge in [-0.25, -0.2) is 4.98 Å². The Bertz CT molecular complexity index is 1270. The van der Waals surface area contributed by atoms with Crippen LogP contribution in [0.1, 0.15) is 16.7 Å². The van der Waals surface area contributed by atoms with E-state index >= 15 is 0 Å². The molecule has 3 aromatic carbocycles. The molecule has 1 aromatic heterocycles. The standard InChI is InChI=1S/C27H24N2O3S/c1-19-8-6-7-11-22(19)17-32-24-14-12-20(16-25(24)31-2)13-15-26(30)29-27-28-23(18-33-27)21-9-4-3-5-10-21/h3-16,18H,17H2,1-2H3,(H,28,29,30). The van der Waals surface area contributed by atoms with E-state index in [9.17, 15) is 4.79 Å². The van der Waals surface area contributed by atoms with E-state index in [2.05, 4.69) is 23.3 Å². The zero-order valence-electron chi connectivity index (χ0n) is 18.4. The van der Waals surface area contributed by atoms with Crippen LogP contribution in [0, 0.1) is 6.92 Å². The Morgan fingerprint density at radius 2 is 1.82 bits per heavy atom. The van der Waals surface area contributed by atoms with Gasteiger partial charge in [0.05, 0.1) is 12.8 Å². The Labute approximate surface area is 197 Å². The summed E-state index contributed by atoms with van der Waals surface area (Å²) in [6.45, 7) is 2.52. The summed E-state index contributed by atoms with van der Waals surface area (Å²) in [5, 5.41) is 5.29. The number of ether oxygens (including phenoxy) is 2. The number of benzene rings is 3. The predicted molar refractivity (Wildman–Crippen MR) is 134 cm³/mol. The Morgan fingerprint density at radius 1 is 1.03 bits per heavy atom. The fourth-order valence-electron chi connectivity index (χ4n) is 3.23. The van der Waals surface area contributed by atoms with Crippen molar-refractivity contribution < 1.29 is 14.3 Å². The second-order valence-corrected chi connectivity index (χ2v) is 8.21. The predicted octanol–water partition coefficient (Wildman–Crippen LogP) is 6.36. The van der Waals surface area contributed by atoms with Gasteiger partial charge in [0, 0.05) is 17.0 Å². The van der Waals surface area contributed by atoms with Gasteiger partial charge in [-0.3, -0.25) is 10.1 Å². The summed E-state index contributed by atoms with van der Waals surface area (Å²) in [6, 6.07) is 23.5. The van der Waals surface area contributed by atoms with E-state index in [4.69, 9.17) is 9.47 Å². The lowest BCUT2D eigenvalue weighted by atomic mass is 10.1. The number of hydrogen-bond acceptors (Lipinski definition) is 5. The third-order valence-electron chi connectivity index (χ3n) is 5.06. The molecule has 1 amide bonds. The lowest BCUT2D eigenvalue weighted by Gasteiger charge is -2.12. The molecule has 0 aliphatic carbocycles. The number of thiazole rings is 1. The van der Waals surface area contributed by atoms with Crippen LogP contribution in [0.25, 0.3) is 17.3 Å². The molecule has 0 bridgehead atoms. The second kappa shape index (κ2) is 10.6. The van der Waals surface area contributed by atoms with E-state index in [1.807, 2.05) is 72.1 Å². The van der Waals surface area contributed by atoms with Crippen LogP contribution in [0.5, 0.6) is 11.5 Å². The Morgan fingerprint density at radius 3 is 2.61 bits per heavy atom. The molecular formula is C27H24N2O3S. The maximum absolute atomic E-state index is 12.4. The highest BCUT2D eigenvalue weighted by atomic mass is 32.1. The number of aromatic nitrogens is 1. The summed E-state index contributed by atoms with van der Waals surface area (Å²) >= 11 is 1.39. The van der Waals surface area contributed by atoms with Gasteiger partial charge in [-0.15, -0.1) is 11.3 Å². The van der Waals surface area contributed by atoms with Crippen LogP contribution in [-0.4, -0.2) is 18.0 Å². The smallest absolute Gasteiger partial charge is 0.250 e. The number of amides is 1. The van der Waals surface area contributed by atoms with Gasteiger partial charge in [-0.05, 0) is 41.8 Å². The average Bonchev–Trinajstić information content (AvgIpc) is 3.31. The first-order chi connectivity index (χ1) is 16.1. The molecule has 0 aliphatic rings. The maximum atomic E-state index is 12.4. The molecule has 0 spiro atoms. The minimum atomic E-state index is -0.247. The molecule has 0 fully saturated rings. The number of carbonyl (C=O) groups excluding carboxylic acids is 1. The molecule has 4 rings (SSSR count). The van der Waals surface area contributed by atoms with Crippen molar-refractivity contribution in [2.45, 2.75) is 13.5 Å². The number of hydrogen-bond donors (Lipinski definition) is 1. The molecule has 0 radical (unpaired) electrons. The van der Waals surface area contributed by atoms with E-state index in [1.165, 1.54) is 23.0 Å². The fourth-order valence-corrected chi connectivity index (χ4v) is 3.95. The minimum Gasteiger partial charge on any atom is -0.493 e. The van der Waals surface area contributed by atoms with Crippen LogP contribution in [-0.2, 0) is 11.4 Å². The summed E-state index contributed by atoms with van der Waals surface area (Å²) in [4.78, 5) is 16.8.